The SMILES string of the molecule is Cc1cc(N(C)C(N)=O)cc(C)c1C=CS(=O)(=O)N1CCC2(CC1)N=C(CCCCCCCCCCC1(C)CCO1)NC2=O. The molecule has 1 spiro atoms. The third-order valence-corrected chi connectivity index (χ3v) is 11.2. The Labute approximate surface area is 263 Å². The number of amides is 3. The second kappa shape index (κ2) is 14.6. The molecule has 11 heteroatoms. The van der Waals surface area contributed by atoms with Crippen LogP contribution < -0.4 is 16.0 Å². The molecular weight excluding hydrogens is 578 g/mol. The molecule has 1 unspecified atom stereocenters. The molecule has 2 saturated heterocycles. The number of primary amides is 1. The second-order valence-corrected chi connectivity index (χ2v) is 14.9. The van der Waals surface area contributed by atoms with Gasteiger partial charge >= 0.3 is 6.03 Å². The Kier molecular flexibility index (Phi) is 11.3. The number of anilines is 1. The lowest BCUT2D eigenvalue weighted by molar-refractivity contribution is -0.139. The van der Waals surface area contributed by atoms with E-state index in [0.29, 0.717) is 18.5 Å². The number of nitrogens with one attached hydrogen (secondary N) is 1. The Morgan fingerprint density at radius 3 is 2.16 bits per heavy atom. The Hall–Kier alpha value is -2.76. The van der Waals surface area contributed by atoms with Crippen molar-refractivity contribution >= 4 is 39.6 Å². The van der Waals surface area contributed by atoms with Crippen molar-refractivity contribution in [1.29, 1.82) is 0 Å². The summed E-state index contributed by atoms with van der Waals surface area (Å²) in [5.74, 6) is 0.641. The quantitative estimate of drug-likeness (QED) is 0.245. The number of benzene rings is 1. The molecule has 3 heterocycles. The minimum absolute atomic E-state index is 0.103. The number of rotatable bonds is 15. The molecule has 0 aromatic heterocycles. The van der Waals surface area contributed by atoms with Crippen molar-refractivity contribution in [3.05, 3.63) is 34.2 Å². The van der Waals surface area contributed by atoms with Crippen molar-refractivity contribution in [1.82, 2.24) is 9.62 Å². The average molecular weight is 630 g/mol. The van der Waals surface area contributed by atoms with Gasteiger partial charge in [-0.05, 0) is 87.8 Å². The number of urea groups is 1. The van der Waals surface area contributed by atoms with Crippen molar-refractivity contribution in [3.8, 4) is 0 Å². The summed E-state index contributed by atoms with van der Waals surface area (Å²) >= 11 is 0. The number of amidine groups is 1. The molecule has 4 rings (SSSR count). The van der Waals surface area contributed by atoms with E-state index in [1.807, 2.05) is 13.8 Å². The fraction of sp³-hybridized carbons (Fsp3) is 0.667. The van der Waals surface area contributed by atoms with Crippen molar-refractivity contribution in [2.75, 3.05) is 31.6 Å². The van der Waals surface area contributed by atoms with Crippen LogP contribution in [-0.2, 0) is 19.6 Å². The van der Waals surface area contributed by atoms with E-state index in [1.54, 1.807) is 25.3 Å². The maximum absolute atomic E-state index is 13.2. The number of nitrogens with zero attached hydrogens (tertiary/aromatic N) is 3. The van der Waals surface area contributed by atoms with E-state index < -0.39 is 21.6 Å². The van der Waals surface area contributed by atoms with Gasteiger partial charge in [0.1, 0.15) is 11.4 Å². The summed E-state index contributed by atoms with van der Waals surface area (Å²) < 4.78 is 33.4. The lowest BCUT2D eigenvalue weighted by Crippen LogP contribution is -2.50. The van der Waals surface area contributed by atoms with E-state index in [0.717, 1.165) is 48.4 Å². The molecular formula is C33H51N5O5S. The zero-order valence-corrected chi connectivity index (χ0v) is 27.8. The topological polar surface area (TPSA) is 134 Å². The van der Waals surface area contributed by atoms with Crippen LogP contribution in [0.25, 0.3) is 6.08 Å². The third-order valence-electron chi connectivity index (χ3n) is 9.59. The first-order chi connectivity index (χ1) is 20.8. The maximum Gasteiger partial charge on any atom is 0.318 e. The number of aliphatic imine (C=N–C) groups is 1. The smallest absolute Gasteiger partial charge is 0.318 e. The molecule has 0 radical (unpaired) electrons. The number of unbranched alkanes of at least 4 members (excludes halogenated alkanes) is 7. The standard InChI is InChI=1S/C33H51N5O5S/c1-25-23-27(37(4)31(34)40)24-26(2)28(25)14-22-44(41,42)38-19-16-33(17-20-38)30(39)35-29(36-33)13-11-9-7-5-6-8-10-12-15-32(3)18-21-43-32/h14,22-24H,5-13,15-21H2,1-4H3,(H2,34,40)(H,35,36,39). The minimum Gasteiger partial charge on any atom is -0.375 e. The molecule has 1 aromatic rings. The predicted octanol–water partition coefficient (Wildman–Crippen LogP) is 5.56. The molecule has 0 aliphatic carbocycles. The van der Waals surface area contributed by atoms with Crippen molar-refractivity contribution in [2.45, 2.75) is 115 Å². The first kappa shape index (κ1) is 34.1. The van der Waals surface area contributed by atoms with E-state index >= 15 is 0 Å². The summed E-state index contributed by atoms with van der Waals surface area (Å²) in [6.45, 7) is 7.36. The van der Waals surface area contributed by atoms with Gasteiger partial charge < -0.3 is 15.8 Å². The molecule has 0 bridgehead atoms. The number of hydrogen-bond acceptors (Lipinski definition) is 6. The molecule has 1 atom stereocenters. The van der Waals surface area contributed by atoms with Gasteiger partial charge in [0.15, 0.2) is 0 Å². The second-order valence-electron chi connectivity index (χ2n) is 13.1. The summed E-state index contributed by atoms with van der Waals surface area (Å²) in [7, 11) is -2.09. The van der Waals surface area contributed by atoms with E-state index in [-0.39, 0.29) is 24.6 Å². The van der Waals surface area contributed by atoms with Crippen LogP contribution in [0.2, 0.25) is 0 Å². The first-order valence-electron chi connectivity index (χ1n) is 16.2. The van der Waals surface area contributed by atoms with Crippen molar-refractivity contribution < 1.29 is 22.7 Å². The van der Waals surface area contributed by atoms with Crippen LogP contribution in [0, 0.1) is 13.8 Å². The number of carbonyl (C=O) groups is 2. The van der Waals surface area contributed by atoms with Crippen molar-refractivity contribution in [3.63, 3.8) is 0 Å². The number of hydrogen-bond donors (Lipinski definition) is 2. The van der Waals surface area contributed by atoms with Crippen LogP contribution in [-0.4, -0.2) is 68.4 Å². The molecule has 244 valence electrons. The first-order valence-corrected chi connectivity index (χ1v) is 17.7. The number of aryl methyl sites for hydroxylation is 2. The summed E-state index contributed by atoms with van der Waals surface area (Å²) in [6.07, 6.45) is 15.1. The van der Waals surface area contributed by atoms with Gasteiger partial charge in [0.05, 0.1) is 12.2 Å². The van der Waals surface area contributed by atoms with Crippen molar-refractivity contribution in [2.24, 2.45) is 10.7 Å². The summed E-state index contributed by atoms with van der Waals surface area (Å²) in [5, 5.41) is 4.21. The molecule has 3 N–H and O–H groups in total. The molecule has 3 aliphatic rings. The number of piperidine rings is 1. The summed E-state index contributed by atoms with van der Waals surface area (Å²) in [5.41, 5.74) is 7.77. The maximum atomic E-state index is 13.2. The number of carbonyl (C=O) groups excluding carboxylic acids is 2. The largest absolute Gasteiger partial charge is 0.375 e. The normalized spacial score (nSPS) is 21.8. The number of sulfonamides is 1. The van der Waals surface area contributed by atoms with Gasteiger partial charge in [-0.25, -0.2) is 13.2 Å². The van der Waals surface area contributed by atoms with E-state index in [1.165, 1.54) is 66.0 Å². The predicted molar refractivity (Wildman–Crippen MR) is 176 cm³/mol. The fourth-order valence-electron chi connectivity index (χ4n) is 6.43. The summed E-state index contributed by atoms with van der Waals surface area (Å²) in [6, 6.07) is 3.04. The molecule has 2 fully saturated rings. The van der Waals surface area contributed by atoms with Crippen LogP contribution in [0.1, 0.15) is 107 Å². The Morgan fingerprint density at radius 1 is 1.05 bits per heavy atom. The van der Waals surface area contributed by atoms with Gasteiger partial charge in [0, 0.05) is 37.7 Å². The molecule has 1 aromatic carbocycles. The van der Waals surface area contributed by atoms with E-state index in [4.69, 9.17) is 15.5 Å². The Bertz CT molecular complexity index is 1340. The number of ether oxygens (including phenoxy) is 1. The highest BCUT2D eigenvalue weighted by Crippen LogP contribution is 2.33. The molecule has 3 amide bonds. The molecule has 3 aliphatic heterocycles. The summed E-state index contributed by atoms with van der Waals surface area (Å²) in [4.78, 5) is 30.6. The van der Waals surface area contributed by atoms with Gasteiger partial charge in [0.25, 0.3) is 5.91 Å². The van der Waals surface area contributed by atoms with Crippen LogP contribution in [0.4, 0.5) is 10.5 Å². The Balaban J connectivity index is 1.19. The highest BCUT2D eigenvalue weighted by molar-refractivity contribution is 7.92. The lowest BCUT2D eigenvalue weighted by atomic mass is 9.89. The van der Waals surface area contributed by atoms with Gasteiger partial charge in [0.2, 0.25) is 10.0 Å². The molecule has 44 heavy (non-hydrogen) atoms. The zero-order valence-electron chi connectivity index (χ0n) is 27.0. The third kappa shape index (κ3) is 8.48. The fourth-order valence-corrected chi connectivity index (χ4v) is 7.60. The van der Waals surface area contributed by atoms with E-state index in [9.17, 15) is 18.0 Å². The Morgan fingerprint density at radius 2 is 1.61 bits per heavy atom. The van der Waals surface area contributed by atoms with Crippen LogP contribution in [0.3, 0.4) is 0 Å². The van der Waals surface area contributed by atoms with Gasteiger partial charge in [-0.1, -0.05) is 44.9 Å². The van der Waals surface area contributed by atoms with Gasteiger partial charge in [-0.3, -0.25) is 14.7 Å². The van der Waals surface area contributed by atoms with Crippen LogP contribution in [0.5, 0.6) is 0 Å². The van der Waals surface area contributed by atoms with Gasteiger partial charge in [-0.2, -0.15) is 4.31 Å². The molecule has 10 nitrogen and oxygen atoms in total. The monoisotopic (exact) mass is 629 g/mol. The highest BCUT2D eigenvalue weighted by Gasteiger charge is 2.46. The zero-order chi connectivity index (χ0) is 32.0. The minimum atomic E-state index is -3.69. The van der Waals surface area contributed by atoms with Crippen LogP contribution in [0.15, 0.2) is 22.5 Å². The molecule has 0 saturated carbocycles. The average Bonchev–Trinajstić information content (AvgIpc) is 3.25. The van der Waals surface area contributed by atoms with E-state index in [2.05, 4.69) is 12.2 Å². The van der Waals surface area contributed by atoms with Gasteiger partial charge in [-0.15, -0.1) is 0 Å². The number of nitrogens with two attached hydrogens (primary N) is 1. The lowest BCUT2D eigenvalue weighted by Gasteiger charge is -2.38. The van der Waals surface area contributed by atoms with Crippen LogP contribution >= 0.6 is 0 Å². The highest BCUT2D eigenvalue weighted by atomic mass is 32.2.